The molecule has 0 aliphatic carbocycles. The highest BCUT2D eigenvalue weighted by atomic mass is 35.5. The van der Waals surface area contributed by atoms with Gasteiger partial charge in [-0.1, -0.05) is 11.6 Å². The van der Waals surface area contributed by atoms with Gasteiger partial charge in [0.25, 0.3) is 0 Å². The second-order valence-corrected chi connectivity index (χ2v) is 2.36. The number of aldehydes is 1. The summed E-state index contributed by atoms with van der Waals surface area (Å²) in [5.41, 5.74) is 1.33. The normalized spacial score (nSPS) is 9.40. The Hall–Kier alpha value is -0.890. The molecule has 0 unspecified atom stereocenters. The van der Waals surface area contributed by atoms with Crippen LogP contribution < -0.4 is 0 Å². The molecule has 0 bridgehead atoms. The van der Waals surface area contributed by atoms with E-state index in [1.165, 1.54) is 12.4 Å². The summed E-state index contributed by atoms with van der Waals surface area (Å²) < 4.78 is 0. The quantitative estimate of drug-likeness (QED) is 0.580. The highest BCUT2D eigenvalue weighted by Gasteiger charge is 1.99. The molecule has 0 fully saturated rings. The number of hydrogen-bond acceptors (Lipinski definition) is 2. The number of pyridine rings is 1. The van der Waals surface area contributed by atoms with Crippen molar-refractivity contribution >= 4 is 17.9 Å². The molecule has 0 atom stereocenters. The SMILES string of the molecule is Cc1c(Cl)cncc1C=O. The van der Waals surface area contributed by atoms with Gasteiger partial charge in [0.05, 0.1) is 5.02 Å². The second kappa shape index (κ2) is 2.80. The molecule has 0 saturated heterocycles. The maximum Gasteiger partial charge on any atom is 0.151 e. The number of halogens is 1. The van der Waals surface area contributed by atoms with E-state index in [-0.39, 0.29) is 0 Å². The largest absolute Gasteiger partial charge is 0.298 e. The molecule has 0 amide bonds. The zero-order valence-corrected chi connectivity index (χ0v) is 6.22. The van der Waals surface area contributed by atoms with E-state index in [0.717, 1.165) is 11.8 Å². The zero-order valence-electron chi connectivity index (χ0n) is 5.47. The van der Waals surface area contributed by atoms with Gasteiger partial charge in [0.15, 0.2) is 6.29 Å². The maximum atomic E-state index is 10.3. The van der Waals surface area contributed by atoms with Crippen molar-refractivity contribution in [2.75, 3.05) is 0 Å². The zero-order chi connectivity index (χ0) is 7.56. The predicted molar refractivity (Wildman–Crippen MR) is 39.4 cm³/mol. The molecule has 3 heteroatoms. The van der Waals surface area contributed by atoms with Gasteiger partial charge in [0.2, 0.25) is 0 Å². The smallest absolute Gasteiger partial charge is 0.151 e. The first kappa shape index (κ1) is 7.22. The number of nitrogens with zero attached hydrogens (tertiary/aromatic N) is 1. The Bertz CT molecular complexity index is 260. The highest BCUT2D eigenvalue weighted by molar-refractivity contribution is 6.31. The molecule has 0 aliphatic rings. The number of carbonyl (C=O) groups is 1. The molecule has 10 heavy (non-hydrogen) atoms. The lowest BCUT2D eigenvalue weighted by Gasteiger charge is -1.97. The van der Waals surface area contributed by atoms with Crippen LogP contribution in [0, 0.1) is 6.92 Å². The second-order valence-electron chi connectivity index (χ2n) is 1.95. The van der Waals surface area contributed by atoms with Crippen molar-refractivity contribution in [1.82, 2.24) is 4.98 Å². The number of rotatable bonds is 1. The van der Waals surface area contributed by atoms with Crippen LogP contribution in [-0.2, 0) is 0 Å². The fraction of sp³-hybridized carbons (Fsp3) is 0.143. The van der Waals surface area contributed by atoms with Gasteiger partial charge in [0, 0.05) is 18.0 Å². The summed E-state index contributed by atoms with van der Waals surface area (Å²) in [5.74, 6) is 0. The standard InChI is InChI=1S/C7H6ClNO/c1-5-6(4-10)2-9-3-7(5)8/h2-4H,1H3. The van der Waals surface area contributed by atoms with E-state index in [0.29, 0.717) is 10.6 Å². The van der Waals surface area contributed by atoms with Crippen molar-refractivity contribution < 1.29 is 4.79 Å². The van der Waals surface area contributed by atoms with Crippen molar-refractivity contribution in [3.05, 3.63) is 28.5 Å². The van der Waals surface area contributed by atoms with E-state index >= 15 is 0 Å². The van der Waals surface area contributed by atoms with Crippen LogP contribution in [0.25, 0.3) is 0 Å². The fourth-order valence-corrected chi connectivity index (χ4v) is 0.799. The Kier molecular flexibility index (Phi) is 2.02. The molecule has 52 valence electrons. The molecule has 1 aromatic rings. The van der Waals surface area contributed by atoms with Gasteiger partial charge < -0.3 is 0 Å². The van der Waals surface area contributed by atoms with Crippen LogP contribution in [-0.4, -0.2) is 11.3 Å². The highest BCUT2D eigenvalue weighted by Crippen LogP contribution is 2.14. The van der Waals surface area contributed by atoms with Gasteiger partial charge in [-0.05, 0) is 12.5 Å². The van der Waals surface area contributed by atoms with Crippen LogP contribution in [0.5, 0.6) is 0 Å². The van der Waals surface area contributed by atoms with Gasteiger partial charge in [-0.25, -0.2) is 0 Å². The number of aromatic nitrogens is 1. The van der Waals surface area contributed by atoms with Gasteiger partial charge in [0.1, 0.15) is 0 Å². The Morgan fingerprint density at radius 2 is 2.30 bits per heavy atom. The first-order valence-electron chi connectivity index (χ1n) is 2.81. The molecular weight excluding hydrogens is 150 g/mol. The summed E-state index contributed by atoms with van der Waals surface area (Å²) in [6.45, 7) is 1.79. The van der Waals surface area contributed by atoms with E-state index in [4.69, 9.17) is 11.6 Å². The van der Waals surface area contributed by atoms with E-state index in [9.17, 15) is 4.79 Å². The molecule has 1 rings (SSSR count). The number of carbonyl (C=O) groups excluding carboxylic acids is 1. The molecule has 2 nitrogen and oxygen atoms in total. The molecule has 0 aromatic carbocycles. The van der Waals surface area contributed by atoms with E-state index < -0.39 is 0 Å². The summed E-state index contributed by atoms with van der Waals surface area (Å²) >= 11 is 5.67. The van der Waals surface area contributed by atoms with E-state index in [2.05, 4.69) is 4.98 Å². The van der Waals surface area contributed by atoms with Gasteiger partial charge in [-0.2, -0.15) is 0 Å². The van der Waals surface area contributed by atoms with Crippen molar-refractivity contribution in [3.63, 3.8) is 0 Å². The Balaban J connectivity index is 3.27. The van der Waals surface area contributed by atoms with E-state index in [1.807, 2.05) is 0 Å². The minimum Gasteiger partial charge on any atom is -0.298 e. The fourth-order valence-electron chi connectivity index (χ4n) is 0.633. The third-order valence-corrected chi connectivity index (χ3v) is 1.70. The number of hydrogen-bond donors (Lipinski definition) is 0. The third kappa shape index (κ3) is 1.16. The predicted octanol–water partition coefficient (Wildman–Crippen LogP) is 1.86. The molecule has 0 saturated carbocycles. The van der Waals surface area contributed by atoms with E-state index in [1.54, 1.807) is 6.92 Å². The molecule has 0 N–H and O–H groups in total. The van der Waals surface area contributed by atoms with Crippen LogP contribution in [0.4, 0.5) is 0 Å². The minimum atomic E-state index is 0.532. The average molecular weight is 156 g/mol. The lowest BCUT2D eigenvalue weighted by Crippen LogP contribution is -1.87. The maximum absolute atomic E-state index is 10.3. The average Bonchev–Trinajstić information content (AvgIpc) is 1.95. The van der Waals surface area contributed by atoms with Gasteiger partial charge >= 0.3 is 0 Å². The monoisotopic (exact) mass is 155 g/mol. The van der Waals surface area contributed by atoms with Crippen molar-refractivity contribution in [3.8, 4) is 0 Å². The Morgan fingerprint density at radius 3 is 2.80 bits per heavy atom. The summed E-state index contributed by atoms with van der Waals surface area (Å²) in [7, 11) is 0. The Labute approximate surface area is 63.8 Å². The van der Waals surface area contributed by atoms with Crippen LogP contribution in [0.1, 0.15) is 15.9 Å². The molecule has 0 spiro atoms. The van der Waals surface area contributed by atoms with Crippen LogP contribution in [0.2, 0.25) is 5.02 Å². The Morgan fingerprint density at radius 1 is 1.60 bits per heavy atom. The topological polar surface area (TPSA) is 30.0 Å². The first-order valence-corrected chi connectivity index (χ1v) is 3.19. The molecule has 1 aromatic heterocycles. The van der Waals surface area contributed by atoms with Crippen LogP contribution in [0.3, 0.4) is 0 Å². The summed E-state index contributed by atoms with van der Waals surface area (Å²) in [6.07, 6.45) is 3.76. The van der Waals surface area contributed by atoms with Crippen molar-refractivity contribution in [2.24, 2.45) is 0 Å². The lowest BCUT2D eigenvalue weighted by molar-refractivity contribution is 0.112. The molecule has 0 radical (unpaired) electrons. The van der Waals surface area contributed by atoms with Crippen molar-refractivity contribution in [2.45, 2.75) is 6.92 Å². The summed E-state index contributed by atoms with van der Waals surface area (Å²) in [4.78, 5) is 14.0. The third-order valence-electron chi connectivity index (χ3n) is 1.32. The van der Waals surface area contributed by atoms with Crippen LogP contribution >= 0.6 is 11.6 Å². The van der Waals surface area contributed by atoms with Gasteiger partial charge in [-0.15, -0.1) is 0 Å². The van der Waals surface area contributed by atoms with Crippen LogP contribution in [0.15, 0.2) is 12.4 Å². The molecule has 0 aliphatic heterocycles. The summed E-state index contributed by atoms with van der Waals surface area (Å²) in [5, 5.41) is 0.532. The molecule has 1 heterocycles. The summed E-state index contributed by atoms with van der Waals surface area (Å²) in [6, 6.07) is 0. The van der Waals surface area contributed by atoms with Crippen molar-refractivity contribution in [1.29, 1.82) is 0 Å². The van der Waals surface area contributed by atoms with Gasteiger partial charge in [-0.3, -0.25) is 9.78 Å². The minimum absolute atomic E-state index is 0.532. The lowest BCUT2D eigenvalue weighted by atomic mass is 10.2. The first-order chi connectivity index (χ1) is 4.75. The molecular formula is C7H6ClNO.